The van der Waals surface area contributed by atoms with Crippen molar-refractivity contribution in [3.05, 3.63) is 108 Å². The van der Waals surface area contributed by atoms with Gasteiger partial charge < -0.3 is 10.5 Å². The molecule has 2 aromatic carbocycles. The van der Waals surface area contributed by atoms with Crippen LogP contribution in [-0.2, 0) is 6.54 Å². The number of nitrogens with zero attached hydrogens (tertiary/aromatic N) is 3. The fourth-order valence-corrected chi connectivity index (χ4v) is 2.93. The summed E-state index contributed by atoms with van der Waals surface area (Å²) in [6.07, 6.45) is 4.53. The van der Waals surface area contributed by atoms with E-state index in [4.69, 9.17) is 5.10 Å². The van der Waals surface area contributed by atoms with Gasteiger partial charge in [-0.3, -0.25) is 4.79 Å². The highest BCUT2D eigenvalue weighted by Crippen LogP contribution is 2.23. The van der Waals surface area contributed by atoms with Crippen molar-refractivity contribution in [2.45, 2.75) is 6.54 Å². The molecule has 0 radical (unpaired) electrons. The summed E-state index contributed by atoms with van der Waals surface area (Å²) in [5.74, 6) is -0.243. The molecule has 4 rings (SSSR count). The average molecular weight is 370 g/mol. The van der Waals surface area contributed by atoms with Gasteiger partial charge in [0, 0.05) is 36.0 Å². The lowest BCUT2D eigenvalue weighted by Gasteiger charge is -2.05. The molecule has 0 aliphatic rings. The van der Waals surface area contributed by atoms with Crippen molar-refractivity contribution in [3.8, 4) is 16.9 Å². The first-order valence-corrected chi connectivity index (χ1v) is 8.87. The number of nitrogens with one attached hydrogen (secondary N) is 1. The van der Waals surface area contributed by atoms with Crippen LogP contribution >= 0.6 is 0 Å². The largest absolute Gasteiger partial charge is 0.619 e. The molecule has 138 valence electrons. The maximum absolute atomic E-state index is 12.4. The fourth-order valence-electron chi connectivity index (χ4n) is 2.93. The van der Waals surface area contributed by atoms with Gasteiger partial charge in [0.2, 0.25) is 0 Å². The van der Waals surface area contributed by atoms with Crippen molar-refractivity contribution in [2.75, 3.05) is 0 Å². The third-order valence-corrected chi connectivity index (χ3v) is 4.36. The van der Waals surface area contributed by atoms with E-state index < -0.39 is 0 Å². The van der Waals surface area contributed by atoms with Gasteiger partial charge in [0.25, 0.3) is 5.91 Å². The molecule has 0 unspecified atom stereocenters. The number of benzene rings is 2. The highest BCUT2D eigenvalue weighted by Gasteiger charge is 2.14. The number of rotatable bonds is 5. The van der Waals surface area contributed by atoms with E-state index in [-0.39, 0.29) is 5.91 Å². The Kier molecular flexibility index (Phi) is 4.84. The minimum absolute atomic E-state index is 0.243. The molecule has 28 heavy (non-hydrogen) atoms. The van der Waals surface area contributed by atoms with E-state index in [1.54, 1.807) is 0 Å². The summed E-state index contributed by atoms with van der Waals surface area (Å²) < 4.78 is 2.46. The summed E-state index contributed by atoms with van der Waals surface area (Å²) in [6, 6.07) is 22.7. The topological polar surface area (TPSA) is 73.9 Å². The molecule has 4 aromatic rings. The van der Waals surface area contributed by atoms with Crippen LogP contribution in [0.2, 0.25) is 0 Å². The Hall–Kier alpha value is -3.93. The van der Waals surface area contributed by atoms with Crippen molar-refractivity contribution in [1.82, 2.24) is 15.1 Å². The number of hydrogen-bond acceptors (Lipinski definition) is 3. The van der Waals surface area contributed by atoms with Crippen LogP contribution in [0.3, 0.4) is 0 Å². The summed E-state index contributed by atoms with van der Waals surface area (Å²) >= 11 is 0. The highest BCUT2D eigenvalue weighted by atomic mass is 16.5. The van der Waals surface area contributed by atoms with Crippen molar-refractivity contribution in [2.24, 2.45) is 0 Å². The van der Waals surface area contributed by atoms with E-state index in [2.05, 4.69) is 5.32 Å². The van der Waals surface area contributed by atoms with Crippen molar-refractivity contribution in [3.63, 3.8) is 0 Å². The molecule has 0 aliphatic heterocycles. The smallest absolute Gasteiger partial charge is 0.252 e. The zero-order chi connectivity index (χ0) is 19.3. The molecule has 0 fully saturated rings. The zero-order valence-corrected chi connectivity index (χ0v) is 15.0. The number of aromatic nitrogens is 3. The third kappa shape index (κ3) is 3.76. The molecule has 0 spiro atoms. The summed E-state index contributed by atoms with van der Waals surface area (Å²) in [7, 11) is 0. The van der Waals surface area contributed by atoms with E-state index >= 15 is 0 Å². The number of para-hydroxylation sites is 1. The molecule has 2 aromatic heterocycles. The van der Waals surface area contributed by atoms with Crippen LogP contribution < -0.4 is 10.0 Å². The molecule has 0 saturated heterocycles. The Balaban J connectivity index is 1.62. The molecule has 0 saturated carbocycles. The lowest BCUT2D eigenvalue weighted by molar-refractivity contribution is -0.605. The van der Waals surface area contributed by atoms with Gasteiger partial charge in [-0.15, -0.1) is 0 Å². The van der Waals surface area contributed by atoms with Gasteiger partial charge in [-0.25, -0.2) is 4.68 Å². The third-order valence-electron chi connectivity index (χ3n) is 4.36. The van der Waals surface area contributed by atoms with Gasteiger partial charge in [-0.1, -0.05) is 48.5 Å². The Morgan fingerprint density at radius 1 is 0.964 bits per heavy atom. The monoisotopic (exact) mass is 370 g/mol. The molecule has 0 atom stereocenters. The fraction of sp³-hybridized carbons (Fsp3) is 0.0455. The van der Waals surface area contributed by atoms with Gasteiger partial charge in [0.1, 0.15) is 0 Å². The van der Waals surface area contributed by atoms with Crippen LogP contribution in [0.5, 0.6) is 0 Å². The summed E-state index contributed by atoms with van der Waals surface area (Å²) in [5, 5.41) is 18.8. The second-order valence-corrected chi connectivity index (χ2v) is 6.28. The van der Waals surface area contributed by atoms with Gasteiger partial charge in [-0.05, 0) is 12.1 Å². The van der Waals surface area contributed by atoms with Crippen LogP contribution in [0.25, 0.3) is 16.9 Å². The van der Waals surface area contributed by atoms with E-state index in [1.807, 2.05) is 71.5 Å². The first kappa shape index (κ1) is 17.5. The molecule has 6 heteroatoms. The first-order chi connectivity index (χ1) is 13.7. The number of amides is 1. The lowest BCUT2D eigenvalue weighted by Crippen LogP contribution is -2.27. The van der Waals surface area contributed by atoms with Crippen LogP contribution in [0.15, 0.2) is 91.4 Å². The number of carbonyl (C=O) groups excluding carboxylic acids is 1. The zero-order valence-electron chi connectivity index (χ0n) is 15.0. The number of hydrogen-bond donors (Lipinski definition) is 1. The lowest BCUT2D eigenvalue weighted by atomic mass is 10.1. The van der Waals surface area contributed by atoms with Gasteiger partial charge >= 0.3 is 0 Å². The first-order valence-electron chi connectivity index (χ1n) is 8.87. The SMILES string of the molecule is O=C(NCc1cn(-c2ccccc2)nc1-c1ccccc1)c1cc[n+]([O-])cc1. The van der Waals surface area contributed by atoms with Crippen molar-refractivity contribution >= 4 is 5.91 Å². The minimum Gasteiger partial charge on any atom is -0.619 e. The molecule has 0 aliphatic carbocycles. The van der Waals surface area contributed by atoms with E-state index in [9.17, 15) is 10.0 Å². The predicted octanol–water partition coefficient (Wildman–Crippen LogP) is 3.10. The molecule has 1 amide bonds. The highest BCUT2D eigenvalue weighted by molar-refractivity contribution is 5.93. The number of carbonyl (C=O) groups is 1. The quantitative estimate of drug-likeness (QED) is 0.433. The number of pyridine rings is 1. The van der Waals surface area contributed by atoms with E-state index in [0.29, 0.717) is 16.8 Å². The molecular formula is C22H18N4O2. The van der Waals surface area contributed by atoms with Crippen molar-refractivity contribution in [1.29, 1.82) is 0 Å². The molecule has 6 nitrogen and oxygen atoms in total. The van der Waals surface area contributed by atoms with Gasteiger partial charge in [0.05, 0.1) is 16.9 Å². The predicted molar refractivity (Wildman–Crippen MR) is 106 cm³/mol. The van der Waals surface area contributed by atoms with Crippen molar-refractivity contribution < 1.29 is 9.52 Å². The van der Waals surface area contributed by atoms with Gasteiger partial charge in [0.15, 0.2) is 12.4 Å². The Morgan fingerprint density at radius 2 is 1.61 bits per heavy atom. The molecule has 1 N–H and O–H groups in total. The summed E-state index contributed by atoms with van der Waals surface area (Å²) in [6.45, 7) is 0.322. The minimum atomic E-state index is -0.243. The molecule has 2 heterocycles. The van der Waals surface area contributed by atoms with Crippen LogP contribution in [0.1, 0.15) is 15.9 Å². The van der Waals surface area contributed by atoms with Crippen LogP contribution in [-0.4, -0.2) is 15.7 Å². The maximum atomic E-state index is 12.4. The van der Waals surface area contributed by atoms with Gasteiger partial charge in [-0.2, -0.15) is 9.83 Å². The standard InChI is InChI=1S/C22H18N4O2/c27-22(18-11-13-25(28)14-12-18)23-15-19-16-26(20-9-5-2-6-10-20)24-21(19)17-7-3-1-4-8-17/h1-14,16H,15H2,(H,23,27). The second-order valence-electron chi connectivity index (χ2n) is 6.28. The Labute approximate surface area is 162 Å². The van der Waals surface area contributed by atoms with Crippen LogP contribution in [0.4, 0.5) is 0 Å². The Bertz CT molecular complexity index is 1070. The molecule has 0 bridgehead atoms. The molecular weight excluding hydrogens is 352 g/mol. The van der Waals surface area contributed by atoms with E-state index in [1.165, 1.54) is 24.5 Å². The second kappa shape index (κ2) is 7.75. The van der Waals surface area contributed by atoms with Crippen LogP contribution in [0, 0.1) is 5.21 Å². The summed E-state index contributed by atoms with van der Waals surface area (Å²) in [4.78, 5) is 12.4. The maximum Gasteiger partial charge on any atom is 0.252 e. The summed E-state index contributed by atoms with van der Waals surface area (Å²) in [5.41, 5.74) is 4.08. The Morgan fingerprint density at radius 3 is 2.29 bits per heavy atom. The van der Waals surface area contributed by atoms with E-state index in [0.717, 1.165) is 22.5 Å². The normalized spacial score (nSPS) is 10.6. The average Bonchev–Trinajstić information content (AvgIpc) is 3.18.